The van der Waals surface area contributed by atoms with E-state index in [4.69, 9.17) is 26.5 Å². The Balaban J connectivity index is 1.91. The zero-order valence-electron chi connectivity index (χ0n) is 13.8. The number of ether oxygens (including phenoxy) is 1. The zero-order valence-corrected chi connectivity index (χ0v) is 15.3. The number of methoxy groups -OCH3 is 1. The lowest BCUT2D eigenvalue weighted by atomic mass is 9.99. The normalized spacial score (nSPS) is 12.8. The molecule has 0 bridgehead atoms. The maximum absolute atomic E-state index is 11.2. The number of rotatable bonds is 4. The third kappa shape index (κ3) is 2.79. The van der Waals surface area contributed by atoms with Gasteiger partial charge in [-0.1, -0.05) is 23.8 Å². The van der Waals surface area contributed by atoms with Gasteiger partial charge in [-0.15, -0.1) is 11.3 Å². The van der Waals surface area contributed by atoms with E-state index in [1.807, 2.05) is 12.1 Å². The molecule has 1 aromatic carbocycles. The lowest BCUT2D eigenvalue weighted by Gasteiger charge is -2.09. The first-order valence-electron chi connectivity index (χ1n) is 7.90. The Hall–Kier alpha value is -2.64. The van der Waals surface area contributed by atoms with Gasteiger partial charge in [-0.3, -0.25) is 0 Å². The van der Waals surface area contributed by atoms with Gasteiger partial charge in [0, 0.05) is 21.5 Å². The molecule has 2 aromatic heterocycles. The minimum atomic E-state index is -1.05. The van der Waals surface area contributed by atoms with Crippen molar-refractivity contribution in [2.24, 2.45) is 0 Å². The highest BCUT2D eigenvalue weighted by Gasteiger charge is 2.24. The molecule has 3 aromatic rings. The molecule has 0 spiro atoms. The summed E-state index contributed by atoms with van der Waals surface area (Å²) in [6.45, 7) is 0. The number of fused-ring (bicyclic) bond motifs is 1. The first kappa shape index (κ1) is 16.8. The lowest BCUT2D eigenvalue weighted by molar-refractivity contribution is 0.0691. The topological polar surface area (TPSA) is 77.2 Å². The van der Waals surface area contributed by atoms with Gasteiger partial charge in [0.05, 0.1) is 12.8 Å². The number of halogens is 1. The van der Waals surface area contributed by atoms with Gasteiger partial charge in [0.25, 0.3) is 0 Å². The van der Waals surface area contributed by atoms with Crippen molar-refractivity contribution >= 4 is 35.0 Å². The predicted molar refractivity (Wildman–Crippen MR) is 101 cm³/mol. The van der Waals surface area contributed by atoms with Crippen LogP contribution in [0.15, 0.2) is 29.7 Å². The van der Waals surface area contributed by atoms with Crippen LogP contribution in [0.2, 0.25) is 5.02 Å². The Morgan fingerprint density at radius 1 is 1.42 bits per heavy atom. The first-order valence-corrected chi connectivity index (χ1v) is 9.16. The molecule has 0 radical (unpaired) electrons. The summed E-state index contributed by atoms with van der Waals surface area (Å²) in [7, 11) is 1.59. The average Bonchev–Trinajstić information content (AvgIpc) is 3.26. The Morgan fingerprint density at radius 3 is 3.00 bits per heavy atom. The smallest absolute Gasteiger partial charge is 0.355 e. The van der Waals surface area contributed by atoms with Gasteiger partial charge in [0.15, 0.2) is 5.69 Å². The molecular weight excluding hydrogens is 374 g/mol. The molecular formula is C18H14ClN3O3S. The van der Waals surface area contributed by atoms with Crippen LogP contribution < -0.4 is 4.74 Å². The number of carboxylic acids is 1. The molecule has 0 fully saturated rings. The standard InChI is InChI=1S/C18H14ClN3O3S/c1-25-15-8-10(19)6-7-12(15)16-11-4-2-3-5-14(11)22(21-16)18-20-13(9-26-18)17(23)24/h2,4,6-9H,3,5H2,1H3,(H,23,24). The van der Waals surface area contributed by atoms with Gasteiger partial charge >= 0.3 is 5.97 Å². The van der Waals surface area contributed by atoms with Crippen molar-refractivity contribution in [3.63, 3.8) is 0 Å². The summed E-state index contributed by atoms with van der Waals surface area (Å²) in [6, 6.07) is 5.42. The number of aromatic nitrogens is 3. The summed E-state index contributed by atoms with van der Waals surface area (Å²) in [5, 5.41) is 16.5. The fourth-order valence-corrected chi connectivity index (χ4v) is 3.91. The van der Waals surface area contributed by atoms with E-state index < -0.39 is 5.97 Å². The van der Waals surface area contributed by atoms with E-state index in [0.29, 0.717) is 15.9 Å². The molecule has 0 atom stereocenters. The monoisotopic (exact) mass is 387 g/mol. The van der Waals surface area contributed by atoms with Crippen molar-refractivity contribution < 1.29 is 14.6 Å². The highest BCUT2D eigenvalue weighted by atomic mass is 35.5. The van der Waals surface area contributed by atoms with Crippen molar-refractivity contribution in [1.82, 2.24) is 14.8 Å². The Labute approximate surface area is 158 Å². The number of carbonyl (C=O) groups is 1. The van der Waals surface area contributed by atoms with E-state index in [0.717, 1.165) is 35.4 Å². The molecule has 1 N–H and O–H groups in total. The number of aromatic carboxylic acids is 1. The number of allylic oxidation sites excluding steroid dienone is 1. The van der Waals surface area contributed by atoms with Crippen LogP contribution in [0.5, 0.6) is 5.75 Å². The summed E-state index contributed by atoms with van der Waals surface area (Å²) < 4.78 is 7.21. The van der Waals surface area contributed by atoms with Crippen LogP contribution >= 0.6 is 22.9 Å². The third-order valence-electron chi connectivity index (χ3n) is 4.17. The number of benzene rings is 1. The molecule has 4 rings (SSSR count). The molecule has 1 aliphatic rings. The third-order valence-corrected chi connectivity index (χ3v) is 5.22. The minimum absolute atomic E-state index is 0.0197. The minimum Gasteiger partial charge on any atom is -0.496 e. The second kappa shape index (κ2) is 6.59. The summed E-state index contributed by atoms with van der Waals surface area (Å²) in [6.07, 6.45) is 5.84. The highest BCUT2D eigenvalue weighted by Crippen LogP contribution is 2.38. The fourth-order valence-electron chi connectivity index (χ4n) is 2.98. The molecule has 0 aliphatic heterocycles. The van der Waals surface area contributed by atoms with Gasteiger partial charge in [-0.2, -0.15) is 5.10 Å². The summed E-state index contributed by atoms with van der Waals surface area (Å²) in [5.41, 5.74) is 3.60. The summed E-state index contributed by atoms with van der Waals surface area (Å²) in [4.78, 5) is 15.3. The molecule has 6 nitrogen and oxygen atoms in total. The van der Waals surface area contributed by atoms with Crippen LogP contribution in [0, 0.1) is 0 Å². The van der Waals surface area contributed by atoms with Crippen LogP contribution in [0.3, 0.4) is 0 Å². The Bertz CT molecular complexity index is 1040. The van der Waals surface area contributed by atoms with Crippen molar-refractivity contribution in [1.29, 1.82) is 0 Å². The number of hydrogen-bond acceptors (Lipinski definition) is 5. The van der Waals surface area contributed by atoms with Gasteiger partial charge in [0.2, 0.25) is 5.13 Å². The highest BCUT2D eigenvalue weighted by molar-refractivity contribution is 7.12. The Kier molecular flexibility index (Phi) is 4.26. The molecule has 0 saturated carbocycles. The maximum atomic E-state index is 11.2. The quantitative estimate of drug-likeness (QED) is 0.721. The van der Waals surface area contributed by atoms with Crippen LogP contribution in [-0.4, -0.2) is 33.0 Å². The summed E-state index contributed by atoms with van der Waals surface area (Å²) in [5.74, 6) is -0.415. The van der Waals surface area contributed by atoms with E-state index in [1.165, 1.54) is 16.7 Å². The van der Waals surface area contributed by atoms with Crippen LogP contribution in [0.1, 0.15) is 28.2 Å². The van der Waals surface area contributed by atoms with Crippen molar-refractivity contribution in [3.8, 4) is 22.1 Å². The lowest BCUT2D eigenvalue weighted by Crippen LogP contribution is -2.05. The first-order chi connectivity index (χ1) is 12.6. The second-order valence-corrected chi connectivity index (χ2v) is 7.00. The van der Waals surface area contributed by atoms with Crippen LogP contribution in [0.25, 0.3) is 22.5 Å². The van der Waals surface area contributed by atoms with E-state index in [1.54, 1.807) is 23.9 Å². The SMILES string of the molecule is COc1cc(Cl)ccc1-c1nn(-c2nc(C(=O)O)cs2)c2c1C=CCC2. The largest absolute Gasteiger partial charge is 0.496 e. The van der Waals surface area contributed by atoms with E-state index >= 15 is 0 Å². The number of nitrogens with zero attached hydrogens (tertiary/aromatic N) is 3. The van der Waals surface area contributed by atoms with Gasteiger partial charge in [0.1, 0.15) is 11.4 Å². The average molecular weight is 388 g/mol. The molecule has 2 heterocycles. The molecule has 0 saturated heterocycles. The van der Waals surface area contributed by atoms with Crippen molar-refractivity contribution in [2.75, 3.05) is 7.11 Å². The number of carboxylic acid groups (broad SMARTS) is 1. The molecule has 0 unspecified atom stereocenters. The maximum Gasteiger partial charge on any atom is 0.355 e. The van der Waals surface area contributed by atoms with Crippen molar-refractivity contribution in [3.05, 3.63) is 51.6 Å². The number of hydrogen-bond donors (Lipinski definition) is 1. The molecule has 8 heteroatoms. The Morgan fingerprint density at radius 2 is 2.27 bits per heavy atom. The van der Waals surface area contributed by atoms with Crippen molar-refractivity contribution in [2.45, 2.75) is 12.8 Å². The molecule has 0 amide bonds. The second-order valence-electron chi connectivity index (χ2n) is 5.73. The van der Waals surface area contributed by atoms with Crippen LogP contribution in [0.4, 0.5) is 0 Å². The molecule has 132 valence electrons. The van der Waals surface area contributed by atoms with Crippen LogP contribution in [-0.2, 0) is 6.42 Å². The van der Waals surface area contributed by atoms with E-state index in [-0.39, 0.29) is 5.69 Å². The molecule has 26 heavy (non-hydrogen) atoms. The zero-order chi connectivity index (χ0) is 18.3. The van der Waals surface area contributed by atoms with Gasteiger partial charge < -0.3 is 9.84 Å². The number of thiazole rings is 1. The van der Waals surface area contributed by atoms with E-state index in [9.17, 15) is 4.79 Å². The van der Waals surface area contributed by atoms with Gasteiger partial charge in [-0.25, -0.2) is 14.5 Å². The fraction of sp³-hybridized carbons (Fsp3) is 0.167. The molecule has 1 aliphatic carbocycles. The van der Waals surface area contributed by atoms with E-state index in [2.05, 4.69) is 11.1 Å². The van der Waals surface area contributed by atoms with Gasteiger partial charge in [-0.05, 0) is 31.0 Å². The summed E-state index contributed by atoms with van der Waals surface area (Å²) >= 11 is 7.33. The predicted octanol–water partition coefficient (Wildman–Crippen LogP) is 4.32.